The van der Waals surface area contributed by atoms with E-state index in [4.69, 9.17) is 25.8 Å². The molecule has 1 aliphatic carbocycles. The van der Waals surface area contributed by atoms with Crippen LogP contribution in [0.15, 0.2) is 42.5 Å². The summed E-state index contributed by atoms with van der Waals surface area (Å²) in [6.07, 6.45) is -10.5. The van der Waals surface area contributed by atoms with Crippen LogP contribution in [0.4, 0.5) is 32.0 Å². The molecule has 0 unspecified atom stereocenters. The Labute approximate surface area is 208 Å². The molecule has 0 saturated carbocycles. The second-order valence-electron chi connectivity index (χ2n) is 7.70. The van der Waals surface area contributed by atoms with Crippen LogP contribution < -0.4 is 10.6 Å². The number of fused-ring (bicyclic) bond motifs is 1. The third-order valence-electron chi connectivity index (χ3n) is 5.15. The molecule has 0 aliphatic heterocycles. The van der Waals surface area contributed by atoms with Crippen LogP contribution in [0.2, 0.25) is 0 Å². The van der Waals surface area contributed by atoms with Crippen LogP contribution in [0.5, 0.6) is 0 Å². The van der Waals surface area contributed by atoms with Gasteiger partial charge in [0.2, 0.25) is 0 Å². The summed E-state index contributed by atoms with van der Waals surface area (Å²) in [5.41, 5.74) is -1.95. The van der Waals surface area contributed by atoms with Gasteiger partial charge in [0.1, 0.15) is 0 Å². The van der Waals surface area contributed by atoms with Gasteiger partial charge in [-0.3, -0.25) is 13.6 Å². The molecular weight excluding hydrogens is 533 g/mol. The first-order chi connectivity index (χ1) is 16.8. The van der Waals surface area contributed by atoms with Crippen molar-refractivity contribution in [2.24, 2.45) is 0 Å². The zero-order valence-corrected chi connectivity index (χ0v) is 20.8. The maximum absolute atomic E-state index is 13.2. The minimum atomic E-state index is -5.00. The second kappa shape index (κ2) is 11.1. The molecule has 2 aromatic carbocycles. The van der Waals surface area contributed by atoms with Gasteiger partial charge >= 0.3 is 20.2 Å². The van der Waals surface area contributed by atoms with E-state index in [9.17, 15) is 30.9 Å². The number of nitrogens with one attached hydrogen (secondary N) is 2. The van der Waals surface area contributed by atoms with Crippen molar-refractivity contribution in [3.8, 4) is 0 Å². The van der Waals surface area contributed by atoms with Crippen LogP contribution in [0.3, 0.4) is 0 Å². The van der Waals surface area contributed by atoms with Crippen LogP contribution >= 0.6 is 20.0 Å². The van der Waals surface area contributed by atoms with Gasteiger partial charge in [-0.25, -0.2) is 4.57 Å². The summed E-state index contributed by atoms with van der Waals surface area (Å²) in [6.45, 7) is 3.31. The standard InChI is InChI=1S/C22H23F6N2O4PS/c1-3-32-35(31,33-4-2)34-18-9-13-7-5-6-8-17(13)19(18)30-20(36)29-16-11-14(21(23,24)25)10-15(12-16)22(26,27)28/h5-8,10-12,18-19H,3-4,9H2,1-2H3,(H2,29,30,36)/t18-,19+/m0/s1. The lowest BCUT2D eigenvalue weighted by molar-refractivity contribution is -0.143. The van der Waals surface area contributed by atoms with Crippen molar-refractivity contribution < 1.29 is 44.5 Å². The van der Waals surface area contributed by atoms with E-state index in [1.807, 2.05) is 0 Å². The van der Waals surface area contributed by atoms with Crippen molar-refractivity contribution in [3.63, 3.8) is 0 Å². The Morgan fingerprint density at radius 1 is 1.00 bits per heavy atom. The highest BCUT2D eigenvalue weighted by molar-refractivity contribution is 7.80. The minimum Gasteiger partial charge on any atom is -0.353 e. The summed E-state index contributed by atoms with van der Waals surface area (Å²) in [5, 5.41) is 4.99. The molecule has 2 N–H and O–H groups in total. The molecule has 0 fully saturated rings. The van der Waals surface area contributed by atoms with E-state index in [2.05, 4.69) is 10.6 Å². The Hall–Kier alpha value is -2.18. The van der Waals surface area contributed by atoms with E-state index < -0.39 is 49.1 Å². The fourth-order valence-corrected chi connectivity index (χ4v) is 5.34. The number of benzene rings is 2. The molecule has 6 nitrogen and oxygen atoms in total. The largest absolute Gasteiger partial charge is 0.475 e. The number of phosphoric acid groups is 1. The Bertz CT molecular complexity index is 1100. The minimum absolute atomic E-state index is 0.0255. The molecule has 198 valence electrons. The van der Waals surface area contributed by atoms with Crippen molar-refractivity contribution in [1.82, 2.24) is 5.32 Å². The molecule has 2 atom stereocenters. The van der Waals surface area contributed by atoms with Crippen molar-refractivity contribution in [2.75, 3.05) is 18.5 Å². The average molecular weight is 556 g/mol. The lowest BCUT2D eigenvalue weighted by Crippen LogP contribution is -2.37. The summed E-state index contributed by atoms with van der Waals surface area (Å²) in [5.74, 6) is 0. The van der Waals surface area contributed by atoms with E-state index in [1.165, 1.54) is 0 Å². The first-order valence-corrected chi connectivity index (χ1v) is 12.6. The highest BCUT2D eigenvalue weighted by Crippen LogP contribution is 2.53. The number of hydrogen-bond acceptors (Lipinski definition) is 5. The van der Waals surface area contributed by atoms with E-state index in [-0.39, 0.29) is 30.8 Å². The Kier molecular flexibility index (Phi) is 8.72. The summed E-state index contributed by atoms with van der Waals surface area (Å²) in [4.78, 5) is 0. The zero-order chi connectivity index (χ0) is 26.7. The van der Waals surface area contributed by atoms with Crippen LogP contribution in [0, 0.1) is 0 Å². The van der Waals surface area contributed by atoms with Gasteiger partial charge in [0.05, 0.1) is 36.5 Å². The SMILES string of the molecule is CCOP(=O)(OCC)O[C@H]1Cc2ccccc2[C@H]1NC(=S)Nc1cc(C(F)(F)F)cc(C(F)(F)F)c1. The summed E-state index contributed by atoms with van der Waals surface area (Å²) in [7, 11) is -3.95. The first kappa shape index (κ1) is 28.4. The number of hydrogen-bond donors (Lipinski definition) is 2. The maximum Gasteiger partial charge on any atom is 0.475 e. The Balaban J connectivity index is 1.86. The first-order valence-electron chi connectivity index (χ1n) is 10.8. The summed E-state index contributed by atoms with van der Waals surface area (Å²) < 4.78 is 108. The lowest BCUT2D eigenvalue weighted by Gasteiger charge is -2.27. The molecule has 3 rings (SSSR count). The van der Waals surface area contributed by atoms with Crippen LogP contribution in [0.25, 0.3) is 0 Å². The van der Waals surface area contributed by atoms with Crippen molar-refractivity contribution in [2.45, 2.75) is 44.8 Å². The van der Waals surface area contributed by atoms with Crippen LogP contribution in [-0.2, 0) is 36.9 Å². The summed E-state index contributed by atoms with van der Waals surface area (Å²) in [6, 6.07) is 7.40. The molecule has 0 saturated heterocycles. The monoisotopic (exact) mass is 556 g/mol. The van der Waals surface area contributed by atoms with Crippen LogP contribution in [0.1, 0.15) is 42.1 Å². The number of thiocarbonyl (C=S) groups is 1. The highest BCUT2D eigenvalue weighted by atomic mass is 32.1. The molecule has 0 amide bonds. The topological polar surface area (TPSA) is 68.8 Å². The van der Waals surface area contributed by atoms with Crippen molar-refractivity contribution in [3.05, 3.63) is 64.7 Å². The maximum atomic E-state index is 13.2. The molecule has 2 aromatic rings. The number of anilines is 1. The fourth-order valence-electron chi connectivity index (χ4n) is 3.74. The third kappa shape index (κ3) is 6.98. The molecule has 14 heteroatoms. The van der Waals surface area contributed by atoms with Gasteiger partial charge in [-0.15, -0.1) is 0 Å². The number of phosphoric ester groups is 1. The van der Waals surface area contributed by atoms with Gasteiger partial charge < -0.3 is 10.6 Å². The quantitative estimate of drug-likeness (QED) is 0.209. The van der Waals surface area contributed by atoms with E-state index >= 15 is 0 Å². The van der Waals surface area contributed by atoms with Gasteiger partial charge in [-0.2, -0.15) is 26.3 Å². The molecule has 0 radical (unpaired) electrons. The predicted molar refractivity (Wildman–Crippen MR) is 124 cm³/mol. The number of rotatable bonds is 8. The highest BCUT2D eigenvalue weighted by Gasteiger charge is 2.41. The number of halogens is 6. The molecular formula is C22H23F6N2O4PS. The number of alkyl halides is 6. The van der Waals surface area contributed by atoms with E-state index in [1.54, 1.807) is 38.1 Å². The van der Waals surface area contributed by atoms with Gasteiger partial charge in [-0.1, -0.05) is 24.3 Å². The third-order valence-corrected chi connectivity index (χ3v) is 7.05. The Morgan fingerprint density at radius 3 is 2.08 bits per heavy atom. The fraction of sp³-hybridized carbons (Fsp3) is 0.409. The molecule has 1 aliphatic rings. The van der Waals surface area contributed by atoms with E-state index in [0.29, 0.717) is 17.7 Å². The predicted octanol–water partition coefficient (Wildman–Crippen LogP) is 6.87. The molecule has 0 heterocycles. The Morgan fingerprint density at radius 2 is 1.56 bits per heavy atom. The van der Waals surface area contributed by atoms with Crippen molar-refractivity contribution >= 4 is 30.8 Å². The van der Waals surface area contributed by atoms with E-state index in [0.717, 1.165) is 5.56 Å². The normalized spacial score (nSPS) is 18.1. The second-order valence-corrected chi connectivity index (χ2v) is 9.73. The summed E-state index contributed by atoms with van der Waals surface area (Å²) >= 11 is 5.20. The molecule has 0 bridgehead atoms. The smallest absolute Gasteiger partial charge is 0.353 e. The lowest BCUT2D eigenvalue weighted by atomic mass is 10.1. The van der Waals surface area contributed by atoms with Gasteiger partial charge in [0.15, 0.2) is 5.11 Å². The van der Waals surface area contributed by atoms with Gasteiger partial charge in [-0.05, 0) is 55.4 Å². The van der Waals surface area contributed by atoms with Crippen LogP contribution in [-0.4, -0.2) is 24.4 Å². The van der Waals surface area contributed by atoms with Crippen molar-refractivity contribution in [1.29, 1.82) is 0 Å². The zero-order valence-electron chi connectivity index (χ0n) is 19.1. The van der Waals surface area contributed by atoms with Gasteiger partial charge in [0.25, 0.3) is 0 Å². The van der Waals surface area contributed by atoms with Gasteiger partial charge in [0, 0.05) is 12.1 Å². The average Bonchev–Trinajstić information content (AvgIpc) is 3.09. The molecule has 36 heavy (non-hydrogen) atoms. The molecule has 0 spiro atoms. The molecule has 0 aromatic heterocycles.